The molecule has 2 rings (SSSR count). The van der Waals surface area contributed by atoms with Gasteiger partial charge in [0.25, 0.3) is 0 Å². The van der Waals surface area contributed by atoms with Gasteiger partial charge in [-0.1, -0.05) is 18.2 Å². The van der Waals surface area contributed by atoms with Crippen molar-refractivity contribution in [2.45, 2.75) is 20.4 Å². The SMILES string of the molecule is COc1ccccc1CN(C(C)=O)c1ccc(F)nc1C. The molecule has 1 heterocycles. The molecule has 0 spiro atoms. The van der Waals surface area contributed by atoms with Gasteiger partial charge in [-0.25, -0.2) is 4.98 Å². The fourth-order valence-electron chi connectivity index (χ4n) is 2.18. The van der Waals surface area contributed by atoms with Crippen LogP contribution < -0.4 is 9.64 Å². The third-order valence-electron chi connectivity index (χ3n) is 3.22. The molecule has 0 saturated heterocycles. The average Bonchev–Trinajstić information content (AvgIpc) is 2.45. The van der Waals surface area contributed by atoms with Gasteiger partial charge in [0.1, 0.15) is 5.75 Å². The molecule has 0 saturated carbocycles. The molecule has 0 aliphatic carbocycles. The minimum atomic E-state index is -0.558. The van der Waals surface area contributed by atoms with Crippen molar-refractivity contribution < 1.29 is 13.9 Å². The number of aromatic nitrogens is 1. The van der Waals surface area contributed by atoms with Crippen molar-refractivity contribution in [3.8, 4) is 5.75 Å². The lowest BCUT2D eigenvalue weighted by atomic mass is 10.1. The number of ether oxygens (including phenoxy) is 1. The number of methoxy groups -OCH3 is 1. The molecule has 0 radical (unpaired) electrons. The summed E-state index contributed by atoms with van der Waals surface area (Å²) < 4.78 is 18.4. The fraction of sp³-hybridized carbons (Fsp3) is 0.250. The number of aryl methyl sites for hydroxylation is 1. The topological polar surface area (TPSA) is 42.4 Å². The summed E-state index contributed by atoms with van der Waals surface area (Å²) in [6.07, 6.45) is 0. The van der Waals surface area contributed by atoms with Gasteiger partial charge in [-0.2, -0.15) is 4.39 Å². The third-order valence-corrected chi connectivity index (χ3v) is 3.22. The molecule has 5 heteroatoms. The van der Waals surface area contributed by atoms with Gasteiger partial charge in [0, 0.05) is 12.5 Å². The maximum absolute atomic E-state index is 13.1. The van der Waals surface area contributed by atoms with E-state index in [1.807, 2.05) is 24.3 Å². The number of amides is 1. The van der Waals surface area contributed by atoms with Crippen molar-refractivity contribution in [2.24, 2.45) is 0 Å². The van der Waals surface area contributed by atoms with Crippen LogP contribution in [0.3, 0.4) is 0 Å². The molecule has 4 nitrogen and oxygen atoms in total. The zero-order valence-corrected chi connectivity index (χ0v) is 12.3. The van der Waals surface area contributed by atoms with Crippen molar-refractivity contribution in [3.05, 3.63) is 53.6 Å². The summed E-state index contributed by atoms with van der Waals surface area (Å²) in [7, 11) is 1.58. The van der Waals surface area contributed by atoms with Crippen LogP contribution in [0.1, 0.15) is 18.2 Å². The molecular formula is C16H17FN2O2. The van der Waals surface area contributed by atoms with E-state index < -0.39 is 5.95 Å². The molecule has 0 unspecified atom stereocenters. The number of benzene rings is 1. The average molecular weight is 288 g/mol. The van der Waals surface area contributed by atoms with Crippen molar-refractivity contribution in [2.75, 3.05) is 12.0 Å². The Morgan fingerprint density at radius 2 is 2.00 bits per heavy atom. The van der Waals surface area contributed by atoms with Crippen LogP contribution in [0.5, 0.6) is 5.75 Å². The number of para-hydroxylation sites is 1. The Labute approximate surface area is 123 Å². The molecule has 0 atom stereocenters. The molecule has 21 heavy (non-hydrogen) atoms. The second-order valence-corrected chi connectivity index (χ2v) is 4.66. The van der Waals surface area contributed by atoms with Crippen LogP contribution in [0.4, 0.5) is 10.1 Å². The maximum atomic E-state index is 13.1. The number of rotatable bonds is 4. The van der Waals surface area contributed by atoms with Crippen LogP contribution in [0.15, 0.2) is 36.4 Å². The number of pyridine rings is 1. The van der Waals surface area contributed by atoms with Gasteiger partial charge in [0.15, 0.2) is 0 Å². The van der Waals surface area contributed by atoms with E-state index in [0.717, 1.165) is 5.56 Å². The highest BCUT2D eigenvalue weighted by Gasteiger charge is 2.17. The molecule has 1 amide bonds. The summed E-state index contributed by atoms with van der Waals surface area (Å²) in [5.41, 5.74) is 1.94. The van der Waals surface area contributed by atoms with Crippen molar-refractivity contribution >= 4 is 11.6 Å². The van der Waals surface area contributed by atoms with E-state index in [9.17, 15) is 9.18 Å². The van der Waals surface area contributed by atoms with Crippen LogP contribution in [0, 0.1) is 12.9 Å². The van der Waals surface area contributed by atoms with Crippen LogP contribution in [-0.4, -0.2) is 18.0 Å². The molecule has 0 bridgehead atoms. The highest BCUT2D eigenvalue weighted by atomic mass is 19.1. The maximum Gasteiger partial charge on any atom is 0.224 e. The van der Waals surface area contributed by atoms with Gasteiger partial charge >= 0.3 is 0 Å². The summed E-state index contributed by atoms with van der Waals surface area (Å²) in [6.45, 7) is 3.49. The van der Waals surface area contributed by atoms with Gasteiger partial charge in [-0.3, -0.25) is 4.79 Å². The molecule has 0 N–H and O–H groups in total. The van der Waals surface area contributed by atoms with E-state index >= 15 is 0 Å². The Morgan fingerprint density at radius 3 is 2.62 bits per heavy atom. The fourth-order valence-corrected chi connectivity index (χ4v) is 2.18. The molecule has 0 fully saturated rings. The zero-order valence-electron chi connectivity index (χ0n) is 12.3. The second kappa shape index (κ2) is 6.35. The Morgan fingerprint density at radius 1 is 1.29 bits per heavy atom. The van der Waals surface area contributed by atoms with Gasteiger partial charge in [0.05, 0.1) is 25.0 Å². The van der Waals surface area contributed by atoms with Gasteiger partial charge in [-0.05, 0) is 25.1 Å². The van der Waals surface area contributed by atoms with E-state index in [0.29, 0.717) is 23.7 Å². The van der Waals surface area contributed by atoms with Gasteiger partial charge in [-0.15, -0.1) is 0 Å². The molecular weight excluding hydrogens is 271 g/mol. The highest BCUT2D eigenvalue weighted by molar-refractivity contribution is 5.92. The lowest BCUT2D eigenvalue weighted by molar-refractivity contribution is -0.116. The first-order chi connectivity index (χ1) is 10.0. The summed E-state index contributed by atoms with van der Waals surface area (Å²) in [5, 5.41) is 0. The predicted octanol–water partition coefficient (Wildman–Crippen LogP) is 3.09. The van der Waals surface area contributed by atoms with Crippen LogP contribution >= 0.6 is 0 Å². The van der Waals surface area contributed by atoms with E-state index in [4.69, 9.17) is 4.74 Å². The Bertz CT molecular complexity index is 658. The quantitative estimate of drug-likeness (QED) is 0.812. The third kappa shape index (κ3) is 3.37. The van der Waals surface area contributed by atoms with Crippen molar-refractivity contribution in [1.29, 1.82) is 0 Å². The molecule has 0 aliphatic rings. The van der Waals surface area contributed by atoms with Crippen molar-refractivity contribution in [3.63, 3.8) is 0 Å². The smallest absolute Gasteiger partial charge is 0.224 e. The summed E-state index contributed by atoms with van der Waals surface area (Å²) in [4.78, 5) is 17.3. The van der Waals surface area contributed by atoms with Crippen LogP contribution in [0.25, 0.3) is 0 Å². The van der Waals surface area contributed by atoms with Gasteiger partial charge < -0.3 is 9.64 Å². The number of hydrogen-bond acceptors (Lipinski definition) is 3. The second-order valence-electron chi connectivity index (χ2n) is 4.66. The first kappa shape index (κ1) is 15.0. The zero-order chi connectivity index (χ0) is 15.4. The highest BCUT2D eigenvalue weighted by Crippen LogP contribution is 2.25. The number of halogens is 1. The lowest BCUT2D eigenvalue weighted by Crippen LogP contribution is -2.29. The minimum Gasteiger partial charge on any atom is -0.496 e. The minimum absolute atomic E-state index is 0.141. The Kier molecular flexibility index (Phi) is 4.52. The Balaban J connectivity index is 2.38. The van der Waals surface area contributed by atoms with E-state index in [1.54, 1.807) is 25.0 Å². The summed E-state index contributed by atoms with van der Waals surface area (Å²) >= 11 is 0. The van der Waals surface area contributed by atoms with Crippen molar-refractivity contribution in [1.82, 2.24) is 4.98 Å². The lowest BCUT2D eigenvalue weighted by Gasteiger charge is -2.23. The Hall–Kier alpha value is -2.43. The molecule has 0 aliphatic heterocycles. The predicted molar refractivity (Wildman–Crippen MR) is 78.8 cm³/mol. The number of nitrogens with zero attached hydrogens (tertiary/aromatic N) is 2. The number of hydrogen-bond donors (Lipinski definition) is 0. The number of carbonyl (C=O) groups is 1. The normalized spacial score (nSPS) is 10.3. The molecule has 2 aromatic rings. The molecule has 1 aromatic heterocycles. The largest absolute Gasteiger partial charge is 0.496 e. The monoisotopic (exact) mass is 288 g/mol. The number of carbonyl (C=O) groups excluding carboxylic acids is 1. The summed E-state index contributed by atoms with van der Waals surface area (Å²) in [6, 6.07) is 10.3. The summed E-state index contributed by atoms with van der Waals surface area (Å²) in [5.74, 6) is 0.00549. The van der Waals surface area contributed by atoms with E-state index in [-0.39, 0.29) is 5.91 Å². The van der Waals surface area contributed by atoms with Crippen LogP contribution in [-0.2, 0) is 11.3 Å². The van der Waals surface area contributed by atoms with Crippen LogP contribution in [0.2, 0.25) is 0 Å². The molecule has 1 aromatic carbocycles. The van der Waals surface area contributed by atoms with Gasteiger partial charge in [0.2, 0.25) is 11.9 Å². The van der Waals surface area contributed by atoms with E-state index in [1.165, 1.54) is 13.0 Å². The molecule has 110 valence electrons. The standard InChI is InChI=1S/C16H17FN2O2/c1-11-14(8-9-16(17)18-11)19(12(2)20)10-13-6-4-5-7-15(13)21-3/h4-9H,10H2,1-3H3. The first-order valence-corrected chi connectivity index (χ1v) is 6.56. The first-order valence-electron chi connectivity index (χ1n) is 6.56. The van der Waals surface area contributed by atoms with E-state index in [2.05, 4.69) is 4.98 Å². The number of anilines is 1.